The summed E-state index contributed by atoms with van der Waals surface area (Å²) in [5, 5.41) is 0.247. The second kappa shape index (κ2) is 6.58. The molecule has 1 aromatic carbocycles. The predicted molar refractivity (Wildman–Crippen MR) is 107 cm³/mol. The molecule has 132 valence electrons. The van der Waals surface area contributed by atoms with Gasteiger partial charge in [-0.05, 0) is 49.2 Å². The normalized spacial score (nSPS) is 22.9. The van der Waals surface area contributed by atoms with Gasteiger partial charge in [0.1, 0.15) is 0 Å². The highest BCUT2D eigenvalue weighted by Crippen LogP contribution is 2.42. The van der Waals surface area contributed by atoms with Crippen molar-refractivity contribution in [3.63, 3.8) is 0 Å². The van der Waals surface area contributed by atoms with Gasteiger partial charge in [0.2, 0.25) is 0 Å². The van der Waals surface area contributed by atoms with E-state index in [-0.39, 0.29) is 5.04 Å². The van der Waals surface area contributed by atoms with Crippen LogP contribution in [0.15, 0.2) is 29.0 Å². The first kappa shape index (κ1) is 18.1. The van der Waals surface area contributed by atoms with Crippen LogP contribution >= 0.6 is 15.9 Å². The number of fused-ring (bicyclic) bond motifs is 1. The van der Waals surface area contributed by atoms with E-state index in [2.05, 4.69) is 77.5 Å². The summed E-state index contributed by atoms with van der Waals surface area (Å²) in [6.45, 7) is 11.7. The molecule has 1 aliphatic carbocycles. The lowest BCUT2D eigenvalue weighted by molar-refractivity contribution is 0.0862. The molecule has 1 fully saturated rings. The van der Waals surface area contributed by atoms with Gasteiger partial charge in [-0.2, -0.15) is 0 Å². The van der Waals surface area contributed by atoms with Gasteiger partial charge in [-0.25, -0.2) is 4.98 Å². The van der Waals surface area contributed by atoms with Gasteiger partial charge < -0.3 is 8.99 Å². The number of nitrogens with zero attached hydrogens (tertiary/aromatic N) is 2. The quantitative estimate of drug-likeness (QED) is 0.556. The lowest BCUT2D eigenvalue weighted by Gasteiger charge is -2.43. The van der Waals surface area contributed by atoms with Gasteiger partial charge in [0.05, 0.1) is 29.5 Å². The molecule has 0 aliphatic heterocycles. The molecule has 2 atom stereocenters. The van der Waals surface area contributed by atoms with E-state index >= 15 is 0 Å². The standard InChI is InChI=1S/C19H29BrN2OSi/c1-19(2,3)24(4,5)23-18-9-7-6-8-17(18)22-13-21-15-12-14(20)10-11-16(15)22/h10-13,17-18H,6-9H2,1-5H3. The number of imidazole rings is 1. The summed E-state index contributed by atoms with van der Waals surface area (Å²) in [5.74, 6) is 0. The van der Waals surface area contributed by atoms with E-state index in [9.17, 15) is 0 Å². The third-order valence-corrected chi connectivity index (χ3v) is 10.8. The van der Waals surface area contributed by atoms with Crippen LogP contribution in [0.4, 0.5) is 0 Å². The first-order valence-electron chi connectivity index (χ1n) is 8.99. The number of hydrogen-bond acceptors (Lipinski definition) is 2. The molecule has 0 spiro atoms. The average molecular weight is 409 g/mol. The van der Waals surface area contributed by atoms with Crippen LogP contribution in [0.3, 0.4) is 0 Å². The molecule has 2 aromatic rings. The van der Waals surface area contributed by atoms with E-state index in [1.54, 1.807) is 0 Å². The Kier molecular flexibility index (Phi) is 4.97. The molecule has 0 saturated heterocycles. The SMILES string of the molecule is CC(C)(C)[Si](C)(C)OC1CCCCC1n1cnc2cc(Br)ccc21. The Morgan fingerprint density at radius 2 is 1.92 bits per heavy atom. The van der Waals surface area contributed by atoms with Gasteiger partial charge in [0.25, 0.3) is 0 Å². The molecule has 2 unspecified atom stereocenters. The zero-order valence-corrected chi connectivity index (χ0v) is 18.1. The van der Waals surface area contributed by atoms with Gasteiger partial charge in [-0.3, -0.25) is 0 Å². The van der Waals surface area contributed by atoms with E-state index in [4.69, 9.17) is 4.43 Å². The Hall–Kier alpha value is -0.653. The van der Waals surface area contributed by atoms with Gasteiger partial charge in [-0.1, -0.05) is 49.5 Å². The largest absolute Gasteiger partial charge is 0.412 e. The molecule has 0 N–H and O–H groups in total. The number of aromatic nitrogens is 2. The summed E-state index contributed by atoms with van der Waals surface area (Å²) in [5.41, 5.74) is 2.27. The van der Waals surface area contributed by atoms with Crippen molar-refractivity contribution in [3.05, 3.63) is 29.0 Å². The van der Waals surface area contributed by atoms with E-state index in [0.29, 0.717) is 12.1 Å². The average Bonchev–Trinajstić information content (AvgIpc) is 2.89. The fraction of sp³-hybridized carbons (Fsp3) is 0.632. The number of rotatable bonds is 3. The highest BCUT2D eigenvalue weighted by molar-refractivity contribution is 9.10. The van der Waals surface area contributed by atoms with Gasteiger partial charge in [-0.15, -0.1) is 0 Å². The molecule has 1 aromatic heterocycles. The summed E-state index contributed by atoms with van der Waals surface area (Å²) in [7, 11) is -1.76. The number of hydrogen-bond donors (Lipinski definition) is 0. The van der Waals surface area contributed by atoms with Crippen molar-refractivity contribution in [2.24, 2.45) is 0 Å². The lowest BCUT2D eigenvalue weighted by atomic mass is 9.92. The third-order valence-electron chi connectivity index (χ3n) is 5.81. The van der Waals surface area contributed by atoms with Crippen molar-refractivity contribution < 1.29 is 4.43 Å². The molecule has 0 bridgehead atoms. The Morgan fingerprint density at radius 1 is 1.21 bits per heavy atom. The van der Waals surface area contributed by atoms with Crippen LogP contribution < -0.4 is 0 Å². The third kappa shape index (κ3) is 3.49. The zero-order chi connectivity index (χ0) is 17.5. The summed E-state index contributed by atoms with van der Waals surface area (Å²) in [4.78, 5) is 4.62. The van der Waals surface area contributed by atoms with Crippen molar-refractivity contribution in [1.82, 2.24) is 9.55 Å². The summed E-state index contributed by atoms with van der Waals surface area (Å²) >= 11 is 3.54. The maximum atomic E-state index is 6.83. The van der Waals surface area contributed by atoms with Crippen molar-refractivity contribution in [2.75, 3.05) is 0 Å². The molecule has 5 heteroatoms. The van der Waals surface area contributed by atoms with Crippen LogP contribution in [-0.4, -0.2) is 24.0 Å². The molecule has 3 rings (SSSR count). The lowest BCUT2D eigenvalue weighted by Crippen LogP contribution is -2.46. The molecular formula is C19H29BrN2OSi. The van der Waals surface area contributed by atoms with Crippen molar-refractivity contribution in [2.45, 2.75) is 76.7 Å². The first-order chi connectivity index (χ1) is 11.2. The maximum Gasteiger partial charge on any atom is 0.192 e. The van der Waals surface area contributed by atoms with Crippen LogP contribution in [0, 0.1) is 0 Å². The van der Waals surface area contributed by atoms with Crippen molar-refractivity contribution >= 4 is 35.3 Å². The monoisotopic (exact) mass is 408 g/mol. The molecule has 1 heterocycles. The van der Waals surface area contributed by atoms with Gasteiger partial charge >= 0.3 is 0 Å². The van der Waals surface area contributed by atoms with Crippen molar-refractivity contribution in [3.8, 4) is 0 Å². The van der Waals surface area contributed by atoms with E-state index < -0.39 is 8.32 Å². The van der Waals surface area contributed by atoms with Crippen LogP contribution in [0.2, 0.25) is 18.1 Å². The Labute approximate surface area is 155 Å². The first-order valence-corrected chi connectivity index (χ1v) is 12.7. The fourth-order valence-corrected chi connectivity index (χ4v) is 5.09. The second-order valence-electron chi connectivity index (χ2n) is 8.55. The Bertz CT molecular complexity index is 720. The Balaban J connectivity index is 1.92. The van der Waals surface area contributed by atoms with Crippen LogP contribution in [-0.2, 0) is 4.43 Å². The second-order valence-corrected chi connectivity index (χ2v) is 14.2. The maximum absolute atomic E-state index is 6.83. The van der Waals surface area contributed by atoms with Gasteiger partial charge in [0.15, 0.2) is 8.32 Å². The highest BCUT2D eigenvalue weighted by atomic mass is 79.9. The molecular weight excluding hydrogens is 380 g/mol. The smallest absolute Gasteiger partial charge is 0.192 e. The van der Waals surface area contributed by atoms with Crippen LogP contribution in [0.1, 0.15) is 52.5 Å². The minimum absolute atomic E-state index is 0.247. The molecule has 1 saturated carbocycles. The topological polar surface area (TPSA) is 27.1 Å². The molecule has 3 nitrogen and oxygen atoms in total. The molecule has 24 heavy (non-hydrogen) atoms. The van der Waals surface area contributed by atoms with Crippen LogP contribution in [0.5, 0.6) is 0 Å². The summed E-state index contributed by atoms with van der Waals surface area (Å²) in [6.07, 6.45) is 7.20. The van der Waals surface area contributed by atoms with Crippen molar-refractivity contribution in [1.29, 1.82) is 0 Å². The number of benzene rings is 1. The zero-order valence-electron chi connectivity index (χ0n) is 15.5. The minimum atomic E-state index is -1.76. The molecule has 1 aliphatic rings. The van der Waals surface area contributed by atoms with Crippen LogP contribution in [0.25, 0.3) is 11.0 Å². The molecule has 0 radical (unpaired) electrons. The van der Waals surface area contributed by atoms with Gasteiger partial charge in [0, 0.05) is 4.47 Å². The van der Waals surface area contributed by atoms with E-state index in [1.807, 2.05) is 6.33 Å². The van der Waals surface area contributed by atoms with E-state index in [1.165, 1.54) is 24.8 Å². The summed E-state index contributed by atoms with van der Waals surface area (Å²) in [6, 6.07) is 6.77. The highest BCUT2D eigenvalue weighted by Gasteiger charge is 2.41. The Morgan fingerprint density at radius 3 is 2.62 bits per heavy atom. The predicted octanol–water partition coefficient (Wildman–Crippen LogP) is 6.30. The molecule has 0 amide bonds. The summed E-state index contributed by atoms with van der Waals surface area (Å²) < 4.78 is 10.3. The number of halogens is 1. The fourth-order valence-electron chi connectivity index (χ4n) is 3.36. The van der Waals surface area contributed by atoms with E-state index in [0.717, 1.165) is 16.4 Å². The minimum Gasteiger partial charge on any atom is -0.412 e.